The molecule has 0 aromatic rings. The maximum Gasteiger partial charge on any atom is 0.472 e. The number of hydrogen-bond acceptors (Lipinski definition) is 3. The van der Waals surface area contributed by atoms with Gasteiger partial charge in [0.25, 0.3) is 0 Å². The predicted molar refractivity (Wildman–Crippen MR) is 107 cm³/mol. The molecule has 0 aliphatic heterocycles. The van der Waals surface area contributed by atoms with Crippen LogP contribution in [-0.2, 0) is 13.6 Å². The average Bonchev–Trinajstić information content (AvgIpc) is 2.45. The van der Waals surface area contributed by atoms with E-state index in [9.17, 15) is 9.46 Å². The molecule has 0 rings (SSSR count). The number of rotatable bonds is 16. The third kappa shape index (κ3) is 17.3. The Kier molecular flexibility index (Phi) is 14.3. The van der Waals surface area contributed by atoms with Crippen molar-refractivity contribution in [2.45, 2.75) is 105 Å². The summed E-state index contributed by atoms with van der Waals surface area (Å²) in [5, 5.41) is 0. The first-order valence-electron chi connectivity index (χ1n) is 10.3. The van der Waals surface area contributed by atoms with Crippen LogP contribution in [-0.4, -0.2) is 17.6 Å². The Balaban J connectivity index is 3.72. The number of phosphoric ester groups is 1. The topological polar surface area (TPSA) is 55.8 Å². The van der Waals surface area contributed by atoms with Gasteiger partial charge in [0.2, 0.25) is 0 Å². The van der Waals surface area contributed by atoms with E-state index >= 15 is 0 Å². The molecule has 0 spiro atoms. The minimum absolute atomic E-state index is 0.240. The van der Waals surface area contributed by atoms with Gasteiger partial charge in [-0.25, -0.2) is 4.57 Å². The molecule has 0 saturated carbocycles. The summed E-state index contributed by atoms with van der Waals surface area (Å²) < 4.78 is 22.3. The zero-order valence-electron chi connectivity index (χ0n) is 17.5. The van der Waals surface area contributed by atoms with E-state index < -0.39 is 7.82 Å². The Morgan fingerprint density at radius 1 is 0.760 bits per heavy atom. The molecule has 1 N–H and O–H groups in total. The zero-order chi connectivity index (χ0) is 19.3. The highest BCUT2D eigenvalue weighted by Gasteiger charge is 2.24. The molecule has 3 unspecified atom stereocenters. The number of phosphoric acid groups is 1. The van der Waals surface area contributed by atoms with E-state index in [0.29, 0.717) is 12.5 Å². The molecule has 25 heavy (non-hydrogen) atoms. The summed E-state index contributed by atoms with van der Waals surface area (Å²) in [6.45, 7) is 13.3. The van der Waals surface area contributed by atoms with Crippen molar-refractivity contribution in [3.8, 4) is 0 Å². The minimum atomic E-state index is -3.91. The van der Waals surface area contributed by atoms with Crippen molar-refractivity contribution in [2.75, 3.05) is 6.61 Å². The van der Waals surface area contributed by atoms with Gasteiger partial charge in [0.05, 0.1) is 12.7 Å². The third-order valence-corrected chi connectivity index (χ3v) is 5.66. The highest BCUT2D eigenvalue weighted by Crippen LogP contribution is 2.45. The first-order chi connectivity index (χ1) is 11.6. The van der Waals surface area contributed by atoms with Crippen molar-refractivity contribution < 1.29 is 18.5 Å². The maximum atomic E-state index is 11.9. The molecule has 0 saturated heterocycles. The van der Waals surface area contributed by atoms with E-state index in [4.69, 9.17) is 9.05 Å². The smallest absolute Gasteiger partial charge is 0.302 e. The van der Waals surface area contributed by atoms with Gasteiger partial charge in [-0.1, -0.05) is 79.6 Å². The Morgan fingerprint density at radius 2 is 1.28 bits per heavy atom. The fourth-order valence-corrected chi connectivity index (χ4v) is 3.90. The molecule has 152 valence electrons. The lowest BCUT2D eigenvalue weighted by atomic mass is 9.95. The Morgan fingerprint density at radius 3 is 1.84 bits per heavy atom. The van der Waals surface area contributed by atoms with Crippen LogP contribution in [0.4, 0.5) is 0 Å². The second-order valence-electron chi connectivity index (χ2n) is 8.47. The first kappa shape index (κ1) is 25.1. The molecule has 0 fully saturated rings. The molecule has 0 aliphatic rings. The SMILES string of the molecule is CC(C)CCCC(C)CCCCOP(=O)(O)OC(C)CCCC(C)C. The van der Waals surface area contributed by atoms with Gasteiger partial charge < -0.3 is 4.89 Å². The van der Waals surface area contributed by atoms with E-state index in [0.717, 1.165) is 50.4 Å². The number of unbranched alkanes of at least 4 members (excludes halogenated alkanes) is 1. The van der Waals surface area contributed by atoms with Crippen molar-refractivity contribution >= 4 is 7.82 Å². The predicted octanol–water partition coefficient (Wildman–Crippen LogP) is 6.97. The molecule has 0 amide bonds. The first-order valence-corrected chi connectivity index (χ1v) is 11.8. The van der Waals surface area contributed by atoms with E-state index in [1.165, 1.54) is 19.3 Å². The summed E-state index contributed by atoms with van der Waals surface area (Å²) in [5.74, 6) is 2.15. The van der Waals surface area contributed by atoms with E-state index in [1.54, 1.807) is 0 Å². The van der Waals surface area contributed by atoms with Crippen molar-refractivity contribution in [3.63, 3.8) is 0 Å². The Labute approximate surface area is 156 Å². The van der Waals surface area contributed by atoms with Crippen LogP contribution in [0.3, 0.4) is 0 Å². The number of hydrogen-bond donors (Lipinski definition) is 1. The summed E-state index contributed by atoms with van der Waals surface area (Å²) in [7, 11) is -3.91. The monoisotopic (exact) mass is 378 g/mol. The molecular weight excluding hydrogens is 335 g/mol. The Bertz CT molecular complexity index is 358. The van der Waals surface area contributed by atoms with Crippen LogP contribution in [0.2, 0.25) is 0 Å². The highest BCUT2D eigenvalue weighted by atomic mass is 31.2. The summed E-state index contributed by atoms with van der Waals surface area (Å²) in [6, 6.07) is 0. The van der Waals surface area contributed by atoms with E-state index in [1.807, 2.05) is 6.92 Å². The van der Waals surface area contributed by atoms with Crippen LogP contribution in [0.1, 0.15) is 99.3 Å². The summed E-state index contributed by atoms with van der Waals surface area (Å²) in [4.78, 5) is 9.78. The molecule has 0 aliphatic carbocycles. The van der Waals surface area contributed by atoms with Crippen molar-refractivity contribution in [1.82, 2.24) is 0 Å². The van der Waals surface area contributed by atoms with Crippen LogP contribution in [0.15, 0.2) is 0 Å². The summed E-state index contributed by atoms with van der Waals surface area (Å²) in [5.41, 5.74) is 0. The van der Waals surface area contributed by atoms with E-state index in [-0.39, 0.29) is 6.10 Å². The zero-order valence-corrected chi connectivity index (χ0v) is 18.4. The minimum Gasteiger partial charge on any atom is -0.302 e. The van der Waals surface area contributed by atoms with Crippen LogP contribution < -0.4 is 0 Å². The molecule has 5 heteroatoms. The van der Waals surface area contributed by atoms with Gasteiger partial charge in [-0.2, -0.15) is 0 Å². The van der Waals surface area contributed by atoms with Crippen LogP contribution in [0.25, 0.3) is 0 Å². The van der Waals surface area contributed by atoms with Crippen LogP contribution >= 0.6 is 7.82 Å². The van der Waals surface area contributed by atoms with Gasteiger partial charge in [0.1, 0.15) is 0 Å². The lowest BCUT2D eigenvalue weighted by Gasteiger charge is -2.18. The maximum absolute atomic E-state index is 11.9. The van der Waals surface area contributed by atoms with Gasteiger partial charge in [-0.3, -0.25) is 9.05 Å². The van der Waals surface area contributed by atoms with Gasteiger partial charge in [-0.15, -0.1) is 0 Å². The molecule has 0 radical (unpaired) electrons. The second kappa shape index (κ2) is 14.2. The molecule has 4 nitrogen and oxygen atoms in total. The van der Waals surface area contributed by atoms with Crippen molar-refractivity contribution in [3.05, 3.63) is 0 Å². The molecule has 3 atom stereocenters. The van der Waals surface area contributed by atoms with Crippen LogP contribution in [0.5, 0.6) is 0 Å². The third-order valence-electron chi connectivity index (χ3n) is 4.53. The normalized spacial score (nSPS) is 17.0. The fourth-order valence-electron chi connectivity index (χ4n) is 2.92. The average molecular weight is 379 g/mol. The van der Waals surface area contributed by atoms with Crippen molar-refractivity contribution in [1.29, 1.82) is 0 Å². The van der Waals surface area contributed by atoms with Crippen LogP contribution in [0, 0.1) is 17.8 Å². The molecule has 0 bridgehead atoms. The highest BCUT2D eigenvalue weighted by molar-refractivity contribution is 7.47. The largest absolute Gasteiger partial charge is 0.472 e. The molecular formula is C20H43O4P. The standard InChI is InChI=1S/C20H43O4P/c1-17(2)11-9-14-19(5)13-7-8-16-23-25(21,22)24-20(6)15-10-12-18(3)4/h17-20H,7-16H2,1-6H3,(H,21,22). The van der Waals surface area contributed by atoms with Crippen molar-refractivity contribution in [2.24, 2.45) is 17.8 Å². The molecule has 0 aromatic heterocycles. The van der Waals surface area contributed by atoms with Gasteiger partial charge in [0.15, 0.2) is 0 Å². The lowest BCUT2D eigenvalue weighted by Crippen LogP contribution is -2.09. The second-order valence-corrected chi connectivity index (χ2v) is 9.87. The quantitative estimate of drug-likeness (QED) is 0.233. The van der Waals surface area contributed by atoms with Gasteiger partial charge in [-0.05, 0) is 37.5 Å². The van der Waals surface area contributed by atoms with Gasteiger partial charge in [0, 0.05) is 0 Å². The Hall–Kier alpha value is 0.110. The lowest BCUT2D eigenvalue weighted by molar-refractivity contribution is 0.105. The molecule has 0 aromatic carbocycles. The summed E-state index contributed by atoms with van der Waals surface area (Å²) in [6.07, 6.45) is 9.54. The van der Waals surface area contributed by atoms with Gasteiger partial charge >= 0.3 is 7.82 Å². The summed E-state index contributed by atoms with van der Waals surface area (Å²) >= 11 is 0. The molecule has 0 heterocycles. The van der Waals surface area contributed by atoms with E-state index in [2.05, 4.69) is 34.6 Å². The fraction of sp³-hybridized carbons (Fsp3) is 1.00.